The second-order valence-corrected chi connectivity index (χ2v) is 3.87. The Morgan fingerprint density at radius 1 is 1.08 bits per heavy atom. The molecule has 0 saturated carbocycles. The number of hydrogen-bond acceptors (Lipinski definition) is 1. The van der Waals surface area contributed by atoms with E-state index in [9.17, 15) is 17.7 Å². The van der Waals surface area contributed by atoms with Crippen LogP contribution in [0.2, 0.25) is 0 Å². The van der Waals surface area contributed by atoms with Crippen LogP contribution in [0.4, 0.5) is 13.2 Å². The van der Waals surface area contributed by atoms with E-state index in [0.717, 1.165) is 0 Å². The second-order valence-electron chi connectivity index (χ2n) is 2.27. The van der Waals surface area contributed by atoms with Crippen molar-refractivity contribution < 1.29 is 27.5 Å². The van der Waals surface area contributed by atoms with Crippen LogP contribution < -0.4 is 5.30 Å². The van der Waals surface area contributed by atoms with Crippen LogP contribution in [0.5, 0.6) is 0 Å². The Bertz CT molecular complexity index is 364. The van der Waals surface area contributed by atoms with Crippen molar-refractivity contribution in [3.05, 3.63) is 29.6 Å². The van der Waals surface area contributed by atoms with Crippen molar-refractivity contribution in [1.29, 1.82) is 0 Å². The molecule has 1 aromatic rings. The third-order valence-electron chi connectivity index (χ3n) is 1.30. The standard InChI is InChI=1S/C6H4F3O3P/c7-4-1-3(13(10,11)12)2-5(8)6(4)9/h1-2H,(H2,10,11,12). The molecule has 0 spiro atoms. The van der Waals surface area contributed by atoms with E-state index in [1.165, 1.54) is 0 Å². The van der Waals surface area contributed by atoms with Crippen LogP contribution in [0.1, 0.15) is 0 Å². The van der Waals surface area contributed by atoms with Crippen LogP contribution in [-0.4, -0.2) is 9.79 Å². The normalized spacial score (nSPS) is 11.8. The molecule has 0 unspecified atom stereocenters. The SMILES string of the molecule is O=P(O)(O)c1cc(F)c(F)c(F)c1. The first-order valence-corrected chi connectivity index (χ1v) is 4.64. The predicted molar refractivity (Wildman–Crippen MR) is 38.0 cm³/mol. The summed E-state index contributed by atoms with van der Waals surface area (Å²) >= 11 is 0. The van der Waals surface area contributed by atoms with E-state index >= 15 is 0 Å². The molecule has 0 fully saturated rings. The molecule has 72 valence electrons. The Labute approximate surface area is 71.0 Å². The predicted octanol–water partition coefficient (Wildman–Crippen LogP) is 0.907. The summed E-state index contributed by atoms with van der Waals surface area (Å²) in [6.45, 7) is 0. The summed E-state index contributed by atoms with van der Waals surface area (Å²) in [4.78, 5) is 17.0. The Kier molecular flexibility index (Phi) is 2.47. The van der Waals surface area contributed by atoms with Crippen LogP contribution in [0.25, 0.3) is 0 Å². The Balaban J connectivity index is 3.38. The van der Waals surface area contributed by atoms with Gasteiger partial charge in [0.25, 0.3) is 0 Å². The maximum atomic E-state index is 12.4. The monoisotopic (exact) mass is 212 g/mol. The van der Waals surface area contributed by atoms with Crippen LogP contribution in [0, 0.1) is 17.5 Å². The van der Waals surface area contributed by atoms with E-state index in [2.05, 4.69) is 0 Å². The lowest BCUT2D eigenvalue weighted by Crippen LogP contribution is -2.08. The van der Waals surface area contributed by atoms with Crippen molar-refractivity contribution >= 4 is 12.9 Å². The van der Waals surface area contributed by atoms with E-state index in [-0.39, 0.29) is 12.1 Å². The smallest absolute Gasteiger partial charge is 0.321 e. The molecule has 0 amide bonds. The molecule has 0 heterocycles. The molecule has 1 rings (SSSR count). The van der Waals surface area contributed by atoms with Gasteiger partial charge < -0.3 is 9.79 Å². The third-order valence-corrected chi connectivity index (χ3v) is 2.24. The van der Waals surface area contributed by atoms with Gasteiger partial charge in [0, 0.05) is 0 Å². The molecule has 0 saturated heterocycles. The first kappa shape index (κ1) is 10.2. The molecule has 2 N–H and O–H groups in total. The van der Waals surface area contributed by atoms with Gasteiger partial charge in [-0.3, -0.25) is 4.57 Å². The molecule has 0 atom stereocenters. The molecule has 0 aliphatic heterocycles. The van der Waals surface area contributed by atoms with Crippen molar-refractivity contribution in [1.82, 2.24) is 0 Å². The molecular weight excluding hydrogens is 208 g/mol. The zero-order chi connectivity index (χ0) is 10.2. The lowest BCUT2D eigenvalue weighted by molar-refractivity contribution is 0.386. The lowest BCUT2D eigenvalue weighted by Gasteiger charge is -2.04. The molecule has 1 aromatic carbocycles. The van der Waals surface area contributed by atoms with Gasteiger partial charge in [-0.05, 0) is 12.1 Å². The van der Waals surface area contributed by atoms with Gasteiger partial charge in [0.15, 0.2) is 17.5 Å². The maximum absolute atomic E-state index is 12.4. The van der Waals surface area contributed by atoms with Gasteiger partial charge in [0.05, 0.1) is 5.30 Å². The molecule has 13 heavy (non-hydrogen) atoms. The fourth-order valence-corrected chi connectivity index (χ4v) is 1.27. The van der Waals surface area contributed by atoms with Crippen molar-refractivity contribution in [2.45, 2.75) is 0 Å². The number of benzene rings is 1. The minimum absolute atomic E-state index is 0.263. The second kappa shape index (κ2) is 3.14. The molecule has 3 nitrogen and oxygen atoms in total. The fraction of sp³-hybridized carbons (Fsp3) is 0. The summed E-state index contributed by atoms with van der Waals surface area (Å²) < 4.78 is 47.6. The van der Waals surface area contributed by atoms with Gasteiger partial charge in [0.2, 0.25) is 0 Å². The van der Waals surface area contributed by atoms with E-state index in [1.54, 1.807) is 0 Å². The zero-order valence-corrected chi connectivity index (χ0v) is 6.93. The number of hydrogen-bond donors (Lipinski definition) is 2. The van der Waals surface area contributed by atoms with Gasteiger partial charge >= 0.3 is 7.60 Å². The first-order valence-electron chi connectivity index (χ1n) is 3.03. The van der Waals surface area contributed by atoms with Gasteiger partial charge in [0.1, 0.15) is 0 Å². The zero-order valence-electron chi connectivity index (χ0n) is 6.04. The molecule has 0 aromatic heterocycles. The molecule has 0 bridgehead atoms. The van der Waals surface area contributed by atoms with E-state index in [4.69, 9.17) is 9.79 Å². The topological polar surface area (TPSA) is 57.5 Å². The van der Waals surface area contributed by atoms with E-state index in [1.807, 2.05) is 0 Å². The Morgan fingerprint density at radius 2 is 1.46 bits per heavy atom. The lowest BCUT2D eigenvalue weighted by atomic mass is 10.3. The summed E-state index contributed by atoms with van der Waals surface area (Å²) in [6.07, 6.45) is 0. The molecule has 0 aliphatic carbocycles. The highest BCUT2D eigenvalue weighted by Crippen LogP contribution is 2.33. The van der Waals surface area contributed by atoms with Gasteiger partial charge in [-0.1, -0.05) is 0 Å². The quantitative estimate of drug-likeness (QED) is 0.537. The summed E-state index contributed by atoms with van der Waals surface area (Å²) in [6, 6.07) is 0.526. The number of rotatable bonds is 1. The van der Waals surface area contributed by atoms with Crippen molar-refractivity contribution in [3.8, 4) is 0 Å². The minimum Gasteiger partial charge on any atom is -0.321 e. The summed E-state index contributed by atoms with van der Waals surface area (Å²) in [5, 5.41) is -0.885. The maximum Gasteiger partial charge on any atom is 0.356 e. The van der Waals surface area contributed by atoms with E-state index in [0.29, 0.717) is 0 Å². The minimum atomic E-state index is -4.74. The van der Waals surface area contributed by atoms with Crippen LogP contribution >= 0.6 is 7.60 Å². The third kappa shape index (κ3) is 2.09. The van der Waals surface area contributed by atoms with Crippen molar-refractivity contribution in [2.75, 3.05) is 0 Å². The van der Waals surface area contributed by atoms with Gasteiger partial charge in [-0.2, -0.15) is 0 Å². The Morgan fingerprint density at radius 3 is 1.77 bits per heavy atom. The first-order chi connectivity index (χ1) is 5.82. The summed E-state index contributed by atoms with van der Waals surface area (Å²) in [5.74, 6) is -5.01. The molecule has 7 heteroatoms. The van der Waals surface area contributed by atoms with Crippen LogP contribution in [0.3, 0.4) is 0 Å². The highest BCUT2D eigenvalue weighted by Gasteiger charge is 2.21. The van der Waals surface area contributed by atoms with Gasteiger partial charge in [-0.25, -0.2) is 13.2 Å². The highest BCUT2D eigenvalue weighted by atomic mass is 31.2. The molecule has 0 aliphatic rings. The van der Waals surface area contributed by atoms with Crippen LogP contribution in [-0.2, 0) is 4.57 Å². The van der Waals surface area contributed by atoms with Crippen LogP contribution in [0.15, 0.2) is 12.1 Å². The average Bonchev–Trinajstić information content (AvgIpc) is 1.97. The largest absolute Gasteiger partial charge is 0.356 e. The van der Waals surface area contributed by atoms with Crippen molar-refractivity contribution in [3.63, 3.8) is 0 Å². The summed E-state index contributed by atoms with van der Waals surface area (Å²) in [5.41, 5.74) is 0. The van der Waals surface area contributed by atoms with Crippen molar-refractivity contribution in [2.24, 2.45) is 0 Å². The number of halogens is 3. The summed E-state index contributed by atoms with van der Waals surface area (Å²) in [7, 11) is -4.74. The fourth-order valence-electron chi connectivity index (χ4n) is 0.710. The molecule has 0 radical (unpaired) electrons. The average molecular weight is 212 g/mol. The highest BCUT2D eigenvalue weighted by molar-refractivity contribution is 7.60. The van der Waals surface area contributed by atoms with Gasteiger partial charge in [-0.15, -0.1) is 0 Å². The molecular formula is C6H4F3O3P. The Hall–Kier alpha value is -0.840. The van der Waals surface area contributed by atoms with E-state index < -0.39 is 30.4 Å².